The van der Waals surface area contributed by atoms with Gasteiger partial charge >= 0.3 is 6.18 Å². The maximum Gasteiger partial charge on any atom is 0.416 e. The lowest BCUT2D eigenvalue weighted by Crippen LogP contribution is -2.21. The number of aromatic hydroxyl groups is 1. The molecule has 1 aliphatic carbocycles. The van der Waals surface area contributed by atoms with Crippen LogP contribution in [-0.2, 0) is 6.18 Å². The van der Waals surface area contributed by atoms with Gasteiger partial charge in [0.2, 0.25) is 0 Å². The zero-order valence-electron chi connectivity index (χ0n) is 14.6. The number of nitrogens with one attached hydrogen (secondary N) is 1. The van der Waals surface area contributed by atoms with E-state index >= 15 is 0 Å². The van der Waals surface area contributed by atoms with Crippen LogP contribution in [0.4, 0.5) is 18.9 Å². The van der Waals surface area contributed by atoms with Crippen LogP contribution >= 0.6 is 0 Å². The Hall–Kier alpha value is -2.70. The van der Waals surface area contributed by atoms with Crippen LogP contribution in [0.3, 0.4) is 0 Å². The number of alkyl halides is 3. The fraction of sp³-hybridized carbons (Fsp3) is 0.350. The van der Waals surface area contributed by atoms with Gasteiger partial charge in [0, 0.05) is 0 Å². The van der Waals surface area contributed by atoms with Crippen LogP contribution in [-0.4, -0.2) is 17.1 Å². The first kappa shape index (κ1) is 19.1. The zero-order valence-corrected chi connectivity index (χ0v) is 14.6. The quantitative estimate of drug-likeness (QED) is 0.750. The summed E-state index contributed by atoms with van der Waals surface area (Å²) < 4.78 is 45.1. The summed E-state index contributed by atoms with van der Waals surface area (Å²) in [6.45, 7) is 0. The Labute approximate surface area is 155 Å². The zero-order chi connectivity index (χ0) is 19.4. The van der Waals surface area contributed by atoms with Gasteiger partial charge in [-0.05, 0) is 56.0 Å². The summed E-state index contributed by atoms with van der Waals surface area (Å²) in [4.78, 5) is 12.4. The number of carbonyl (C=O) groups excluding carboxylic acids is 1. The van der Waals surface area contributed by atoms with Crippen LogP contribution in [0, 0.1) is 0 Å². The van der Waals surface area contributed by atoms with E-state index < -0.39 is 17.6 Å². The number of amides is 1. The van der Waals surface area contributed by atoms with Gasteiger partial charge in [0.1, 0.15) is 11.5 Å². The molecule has 0 heterocycles. The van der Waals surface area contributed by atoms with Gasteiger partial charge in [-0.1, -0.05) is 18.6 Å². The molecule has 0 aromatic heterocycles. The second kappa shape index (κ2) is 7.90. The lowest BCUT2D eigenvalue weighted by molar-refractivity contribution is -0.137. The minimum absolute atomic E-state index is 0.0291. The second-order valence-electron chi connectivity index (χ2n) is 6.56. The maximum atomic E-state index is 13.1. The highest BCUT2D eigenvalue weighted by Crippen LogP contribution is 2.37. The van der Waals surface area contributed by atoms with Gasteiger partial charge in [0.15, 0.2) is 0 Å². The van der Waals surface area contributed by atoms with E-state index in [1.807, 2.05) is 0 Å². The summed E-state index contributed by atoms with van der Waals surface area (Å²) in [5, 5.41) is 12.2. The molecule has 2 N–H and O–H groups in total. The molecule has 1 saturated carbocycles. The number of anilines is 1. The van der Waals surface area contributed by atoms with E-state index in [4.69, 9.17) is 4.74 Å². The monoisotopic (exact) mass is 379 g/mol. The van der Waals surface area contributed by atoms with Gasteiger partial charge in [0.25, 0.3) is 5.91 Å². The molecule has 7 heteroatoms. The molecule has 0 atom stereocenters. The topological polar surface area (TPSA) is 58.6 Å². The van der Waals surface area contributed by atoms with Crippen molar-refractivity contribution in [3.05, 3.63) is 53.6 Å². The van der Waals surface area contributed by atoms with Crippen LogP contribution in [0.15, 0.2) is 42.5 Å². The third kappa shape index (κ3) is 4.72. The number of phenolic OH excluding ortho intramolecular Hbond substituents is 1. The molecule has 0 saturated heterocycles. The smallest absolute Gasteiger partial charge is 0.416 e. The van der Waals surface area contributed by atoms with Crippen molar-refractivity contribution in [2.24, 2.45) is 0 Å². The number of benzene rings is 2. The lowest BCUT2D eigenvalue weighted by Gasteiger charge is -2.25. The van der Waals surface area contributed by atoms with Gasteiger partial charge in [-0.15, -0.1) is 0 Å². The van der Waals surface area contributed by atoms with E-state index in [9.17, 15) is 23.1 Å². The molecule has 0 aliphatic heterocycles. The summed E-state index contributed by atoms with van der Waals surface area (Å²) >= 11 is 0. The number of carbonyl (C=O) groups is 1. The Bertz CT molecular complexity index is 814. The third-order valence-electron chi connectivity index (χ3n) is 4.55. The molecular formula is C20H20F3NO3. The Morgan fingerprint density at radius 3 is 2.44 bits per heavy atom. The van der Waals surface area contributed by atoms with E-state index in [1.54, 1.807) is 12.1 Å². The van der Waals surface area contributed by atoms with Gasteiger partial charge in [0.05, 0.1) is 22.9 Å². The summed E-state index contributed by atoms with van der Waals surface area (Å²) in [6.07, 6.45) is 0.148. The molecule has 1 fully saturated rings. The fourth-order valence-corrected chi connectivity index (χ4v) is 3.12. The molecule has 27 heavy (non-hydrogen) atoms. The highest BCUT2D eigenvalue weighted by molar-refractivity contribution is 6.06. The number of hydrogen-bond acceptors (Lipinski definition) is 3. The van der Waals surface area contributed by atoms with Crippen molar-refractivity contribution in [1.82, 2.24) is 0 Å². The summed E-state index contributed by atoms with van der Waals surface area (Å²) in [7, 11) is 0. The largest absolute Gasteiger partial charge is 0.507 e. The van der Waals surface area contributed by atoms with Gasteiger partial charge in [-0.2, -0.15) is 13.2 Å². The average molecular weight is 379 g/mol. The first-order valence-corrected chi connectivity index (χ1v) is 8.82. The molecule has 2 aromatic carbocycles. The van der Waals surface area contributed by atoms with E-state index in [2.05, 4.69) is 5.32 Å². The van der Waals surface area contributed by atoms with Gasteiger partial charge < -0.3 is 15.2 Å². The average Bonchev–Trinajstić information content (AvgIpc) is 2.63. The SMILES string of the molecule is O=C(Nc1cc(C(F)(F)F)ccc1OC1CCCCC1)c1ccccc1O. The summed E-state index contributed by atoms with van der Waals surface area (Å²) in [6, 6.07) is 8.86. The number of para-hydroxylation sites is 1. The third-order valence-corrected chi connectivity index (χ3v) is 4.55. The number of halogens is 3. The van der Waals surface area contributed by atoms with Crippen LogP contribution in [0.2, 0.25) is 0 Å². The van der Waals surface area contributed by atoms with Crippen LogP contribution in [0.5, 0.6) is 11.5 Å². The Morgan fingerprint density at radius 2 is 1.78 bits per heavy atom. The van der Waals surface area contributed by atoms with Crippen LogP contribution in [0.1, 0.15) is 48.0 Å². The molecule has 1 amide bonds. The standard InChI is InChI=1S/C20H20F3NO3/c21-20(22,23)13-10-11-18(27-14-6-2-1-3-7-14)16(12-13)24-19(26)15-8-4-5-9-17(15)25/h4-5,8-12,14,25H,1-3,6-7H2,(H,24,26). The first-order valence-electron chi connectivity index (χ1n) is 8.82. The highest BCUT2D eigenvalue weighted by atomic mass is 19.4. The Kier molecular flexibility index (Phi) is 5.58. The molecule has 4 nitrogen and oxygen atoms in total. The summed E-state index contributed by atoms with van der Waals surface area (Å²) in [5.41, 5.74) is -0.978. The molecule has 0 unspecified atom stereocenters. The van der Waals surface area contributed by atoms with E-state index in [0.29, 0.717) is 0 Å². The molecule has 0 bridgehead atoms. The minimum Gasteiger partial charge on any atom is -0.507 e. The van der Waals surface area contributed by atoms with E-state index in [1.165, 1.54) is 18.2 Å². The maximum absolute atomic E-state index is 13.1. The molecule has 0 radical (unpaired) electrons. The van der Waals surface area contributed by atoms with Crippen molar-refractivity contribution in [3.8, 4) is 11.5 Å². The summed E-state index contributed by atoms with van der Waals surface area (Å²) in [5.74, 6) is -0.767. The highest BCUT2D eigenvalue weighted by Gasteiger charge is 2.32. The second-order valence-corrected chi connectivity index (χ2v) is 6.56. The molecule has 144 valence electrons. The Morgan fingerprint density at radius 1 is 1.07 bits per heavy atom. The van der Waals surface area contributed by atoms with Crippen molar-refractivity contribution in [1.29, 1.82) is 0 Å². The van der Waals surface area contributed by atoms with E-state index in [-0.39, 0.29) is 28.9 Å². The predicted octanol–water partition coefficient (Wildman–Crippen LogP) is 5.37. The number of hydrogen-bond donors (Lipinski definition) is 2. The lowest BCUT2D eigenvalue weighted by atomic mass is 9.98. The van der Waals surface area contributed by atoms with Crippen molar-refractivity contribution >= 4 is 11.6 Å². The first-order chi connectivity index (χ1) is 12.8. The molecule has 0 spiro atoms. The van der Waals surface area contributed by atoms with Crippen molar-refractivity contribution < 1.29 is 27.8 Å². The van der Waals surface area contributed by atoms with Crippen molar-refractivity contribution in [2.75, 3.05) is 5.32 Å². The Balaban J connectivity index is 1.89. The normalized spacial score (nSPS) is 15.4. The molecule has 1 aliphatic rings. The van der Waals surface area contributed by atoms with E-state index in [0.717, 1.165) is 44.2 Å². The predicted molar refractivity (Wildman–Crippen MR) is 95.0 cm³/mol. The fourth-order valence-electron chi connectivity index (χ4n) is 3.12. The number of rotatable bonds is 4. The van der Waals surface area contributed by atoms with Crippen molar-refractivity contribution in [2.45, 2.75) is 44.4 Å². The minimum atomic E-state index is -4.54. The van der Waals surface area contributed by atoms with Crippen molar-refractivity contribution in [3.63, 3.8) is 0 Å². The molecule has 2 aromatic rings. The van der Waals surface area contributed by atoms with Crippen LogP contribution < -0.4 is 10.1 Å². The molecular weight excluding hydrogens is 359 g/mol. The number of phenols is 1. The van der Waals surface area contributed by atoms with Gasteiger partial charge in [-0.3, -0.25) is 4.79 Å². The molecule has 3 rings (SSSR count). The van der Waals surface area contributed by atoms with Gasteiger partial charge in [-0.25, -0.2) is 0 Å². The number of ether oxygens (including phenoxy) is 1. The van der Waals surface area contributed by atoms with Crippen LogP contribution in [0.25, 0.3) is 0 Å².